The third-order valence-corrected chi connectivity index (χ3v) is 7.99. The molecule has 6 nitrogen and oxygen atoms in total. The highest BCUT2D eigenvalue weighted by Crippen LogP contribution is 2.50. The number of ketones is 1. The van der Waals surface area contributed by atoms with Gasteiger partial charge in [0.1, 0.15) is 6.04 Å². The molecule has 0 saturated carbocycles. The zero-order valence-electron chi connectivity index (χ0n) is 18.8. The predicted octanol–water partition coefficient (Wildman–Crippen LogP) is 3.98. The number of hydrogen-bond donors (Lipinski definition) is 0. The summed E-state index contributed by atoms with van der Waals surface area (Å²) in [5, 5.41) is 0.345. The van der Waals surface area contributed by atoms with E-state index >= 15 is 0 Å². The highest BCUT2D eigenvalue weighted by molar-refractivity contribution is 6.34. The van der Waals surface area contributed by atoms with Gasteiger partial charge in [-0.1, -0.05) is 48.0 Å². The maximum atomic E-state index is 14.0. The van der Waals surface area contributed by atoms with Gasteiger partial charge in [-0.3, -0.25) is 19.3 Å². The summed E-state index contributed by atoms with van der Waals surface area (Å²) in [5.41, 5.74) is 3.29. The summed E-state index contributed by atoms with van der Waals surface area (Å²) >= 11 is 6.42. The quantitative estimate of drug-likeness (QED) is 0.493. The summed E-state index contributed by atoms with van der Waals surface area (Å²) in [6, 6.07) is 13.6. The Morgan fingerprint density at radius 3 is 2.56 bits per heavy atom. The number of likely N-dealkylation sites (tertiary alicyclic amines) is 1. The van der Waals surface area contributed by atoms with E-state index in [0.717, 1.165) is 29.7 Å². The average Bonchev–Trinajstić information content (AvgIpc) is 3.53. The van der Waals surface area contributed by atoms with Crippen molar-refractivity contribution in [1.82, 2.24) is 4.90 Å². The number of carbonyl (C=O) groups is 3. The topological polar surface area (TPSA) is 66.9 Å². The van der Waals surface area contributed by atoms with E-state index in [1.54, 1.807) is 24.3 Å². The van der Waals surface area contributed by atoms with Gasteiger partial charge < -0.3 is 9.64 Å². The first kappa shape index (κ1) is 21.6. The molecule has 0 spiro atoms. The van der Waals surface area contributed by atoms with Crippen LogP contribution in [-0.4, -0.2) is 53.8 Å². The number of allylic oxidation sites excluding steroid dienone is 1. The summed E-state index contributed by atoms with van der Waals surface area (Å²) in [4.78, 5) is 44.8. The summed E-state index contributed by atoms with van der Waals surface area (Å²) in [7, 11) is 0. The second-order valence-corrected chi connectivity index (χ2v) is 9.93. The standard InChI is InChI=1S/C27H25ClN2O4/c1-15-13-21-22-23(27(33)29(26(22)32)14-16-7-6-12-34-16)24(25(31)18-9-2-4-10-19(18)28)30(21)20-11-5-3-8-17(15)20/h2-5,8-11,13,16,21-24H,6-7,12,14H2,1H3/t16-,21-,22-,23-,24+/m0/s1. The molecular formula is C27H25ClN2O4. The van der Waals surface area contributed by atoms with Gasteiger partial charge in [-0.25, -0.2) is 0 Å². The van der Waals surface area contributed by atoms with E-state index in [1.807, 2.05) is 42.2 Å². The lowest BCUT2D eigenvalue weighted by molar-refractivity contribution is -0.142. The van der Waals surface area contributed by atoms with E-state index in [1.165, 1.54) is 4.90 Å². The van der Waals surface area contributed by atoms with Gasteiger partial charge in [-0.05, 0) is 43.5 Å². The Balaban J connectivity index is 1.47. The van der Waals surface area contributed by atoms with Crippen molar-refractivity contribution in [3.8, 4) is 0 Å². The van der Waals surface area contributed by atoms with Crippen LogP contribution in [0.15, 0.2) is 54.6 Å². The van der Waals surface area contributed by atoms with Gasteiger partial charge in [0, 0.05) is 23.4 Å². The van der Waals surface area contributed by atoms with Crippen LogP contribution in [0.25, 0.3) is 5.57 Å². The number of hydrogen-bond acceptors (Lipinski definition) is 5. The van der Waals surface area contributed by atoms with Gasteiger partial charge in [0.2, 0.25) is 11.8 Å². The number of Topliss-reactive ketones (excluding diaryl/α,β-unsaturated/α-hetero) is 1. The van der Waals surface area contributed by atoms with Gasteiger partial charge >= 0.3 is 0 Å². The van der Waals surface area contributed by atoms with Gasteiger partial charge in [0.15, 0.2) is 5.78 Å². The van der Waals surface area contributed by atoms with Crippen molar-refractivity contribution in [2.45, 2.75) is 38.0 Å². The largest absolute Gasteiger partial charge is 0.376 e. The van der Waals surface area contributed by atoms with Crippen molar-refractivity contribution in [2.75, 3.05) is 18.1 Å². The maximum Gasteiger partial charge on any atom is 0.235 e. The Morgan fingerprint density at radius 1 is 1.06 bits per heavy atom. The van der Waals surface area contributed by atoms with E-state index in [2.05, 4.69) is 0 Å². The molecule has 4 aliphatic heterocycles. The number of nitrogens with zero attached hydrogens (tertiary/aromatic N) is 2. The van der Waals surface area contributed by atoms with Crippen molar-refractivity contribution >= 4 is 40.5 Å². The molecular weight excluding hydrogens is 452 g/mol. The summed E-state index contributed by atoms with van der Waals surface area (Å²) in [5.74, 6) is -2.11. The van der Waals surface area contributed by atoms with E-state index in [9.17, 15) is 14.4 Å². The van der Waals surface area contributed by atoms with Crippen LogP contribution in [0.5, 0.6) is 0 Å². The smallest absolute Gasteiger partial charge is 0.235 e. The Morgan fingerprint density at radius 2 is 1.79 bits per heavy atom. The second kappa shape index (κ2) is 8.07. The fourth-order valence-electron chi connectivity index (χ4n) is 6.15. The number of rotatable bonds is 4. The number of ether oxygens (including phenoxy) is 1. The lowest BCUT2D eigenvalue weighted by Gasteiger charge is -2.38. The molecule has 0 unspecified atom stereocenters. The Bertz CT molecular complexity index is 1230. The summed E-state index contributed by atoms with van der Waals surface area (Å²) in [6.45, 7) is 2.92. The molecule has 2 amide bonds. The van der Waals surface area contributed by atoms with Crippen molar-refractivity contribution in [1.29, 1.82) is 0 Å². The Hall–Kier alpha value is -2.96. The first-order valence-corrected chi connectivity index (χ1v) is 12.2. The molecule has 0 bridgehead atoms. The normalized spacial score (nSPS) is 29.7. The number of imide groups is 1. The molecule has 0 aromatic heterocycles. The lowest BCUT2D eigenvalue weighted by atomic mass is 9.85. The molecule has 0 N–H and O–H groups in total. The number of para-hydroxylation sites is 1. The molecule has 4 heterocycles. The number of halogens is 1. The van der Waals surface area contributed by atoms with Gasteiger partial charge in [-0.15, -0.1) is 0 Å². The summed E-state index contributed by atoms with van der Waals surface area (Å²) < 4.78 is 5.71. The first-order chi connectivity index (χ1) is 16.5. The Kier molecular flexibility index (Phi) is 5.12. The van der Waals surface area contributed by atoms with Crippen molar-refractivity contribution in [3.63, 3.8) is 0 Å². The zero-order chi connectivity index (χ0) is 23.6. The van der Waals surface area contributed by atoms with Crippen molar-refractivity contribution in [2.24, 2.45) is 11.8 Å². The third-order valence-electron chi connectivity index (χ3n) is 7.66. The minimum absolute atomic E-state index is 0.134. The molecule has 34 heavy (non-hydrogen) atoms. The monoisotopic (exact) mass is 476 g/mol. The molecule has 174 valence electrons. The molecule has 0 aliphatic carbocycles. The van der Waals surface area contributed by atoms with Crippen LogP contribution in [0.3, 0.4) is 0 Å². The number of carbonyl (C=O) groups excluding carboxylic acids is 3. The highest BCUT2D eigenvalue weighted by atomic mass is 35.5. The fraction of sp³-hybridized carbons (Fsp3) is 0.370. The van der Waals surface area contributed by atoms with E-state index in [0.29, 0.717) is 17.2 Å². The van der Waals surface area contributed by atoms with Gasteiger partial charge in [-0.2, -0.15) is 0 Å². The molecule has 6 rings (SSSR count). The average molecular weight is 477 g/mol. The van der Waals surface area contributed by atoms with Crippen molar-refractivity contribution < 1.29 is 19.1 Å². The van der Waals surface area contributed by atoms with Crippen LogP contribution >= 0.6 is 11.6 Å². The molecule has 3 fully saturated rings. The van der Waals surface area contributed by atoms with E-state index in [4.69, 9.17) is 16.3 Å². The molecule has 0 radical (unpaired) electrons. The Labute approximate surface area is 203 Å². The maximum absolute atomic E-state index is 14.0. The zero-order valence-corrected chi connectivity index (χ0v) is 19.6. The lowest BCUT2D eigenvalue weighted by Crippen LogP contribution is -2.50. The minimum atomic E-state index is -0.814. The van der Waals surface area contributed by atoms with Crippen LogP contribution < -0.4 is 4.90 Å². The van der Waals surface area contributed by atoms with Crippen LogP contribution in [-0.2, 0) is 14.3 Å². The van der Waals surface area contributed by atoms with Crippen molar-refractivity contribution in [3.05, 3.63) is 70.8 Å². The summed E-state index contributed by atoms with van der Waals surface area (Å²) in [6.07, 6.45) is 3.66. The molecule has 2 aromatic rings. The van der Waals surface area contributed by atoms with Crippen LogP contribution in [0.1, 0.15) is 35.7 Å². The molecule has 7 heteroatoms. The second-order valence-electron chi connectivity index (χ2n) is 9.53. The predicted molar refractivity (Wildman–Crippen MR) is 129 cm³/mol. The van der Waals surface area contributed by atoms with Gasteiger partial charge in [0.05, 0.1) is 35.5 Å². The minimum Gasteiger partial charge on any atom is -0.376 e. The molecule has 2 aromatic carbocycles. The number of fused-ring (bicyclic) bond motifs is 5. The van der Waals surface area contributed by atoms with E-state index < -0.39 is 17.9 Å². The number of benzene rings is 2. The first-order valence-electron chi connectivity index (χ1n) is 11.8. The van der Waals surface area contributed by atoms with Crippen LogP contribution in [0, 0.1) is 11.8 Å². The van der Waals surface area contributed by atoms with Crippen LogP contribution in [0.2, 0.25) is 5.02 Å². The van der Waals surface area contributed by atoms with E-state index in [-0.39, 0.29) is 36.3 Å². The molecule has 3 saturated heterocycles. The highest BCUT2D eigenvalue weighted by Gasteiger charge is 2.64. The molecule has 4 aliphatic rings. The van der Waals surface area contributed by atoms with Gasteiger partial charge in [0.25, 0.3) is 0 Å². The SMILES string of the molecule is CC1=C[C@H]2[C@@H]3C(=O)N(C[C@@H]4CCCO4)C(=O)[C@@H]3[C@H](C(=O)c3ccccc3Cl)N2c2ccccc21. The third kappa shape index (κ3) is 3.08. The number of anilines is 1. The fourth-order valence-corrected chi connectivity index (χ4v) is 6.38. The molecule has 5 atom stereocenters. The van der Waals surface area contributed by atoms with Crippen LogP contribution in [0.4, 0.5) is 5.69 Å². The number of amides is 2.